The van der Waals surface area contributed by atoms with Crippen molar-refractivity contribution in [2.24, 2.45) is 0 Å². The van der Waals surface area contributed by atoms with Gasteiger partial charge in [-0.05, 0) is 38.0 Å². The Hall–Kier alpha value is -2.24. The maximum Gasteiger partial charge on any atom is 0.243 e. The molecular weight excluding hydrogens is 266 g/mol. The van der Waals surface area contributed by atoms with E-state index < -0.39 is 0 Å². The van der Waals surface area contributed by atoms with Crippen LogP contribution in [0.3, 0.4) is 0 Å². The minimum Gasteiger partial charge on any atom is -0.491 e. The predicted octanol–water partition coefficient (Wildman–Crippen LogP) is 2.51. The van der Waals surface area contributed by atoms with Crippen LogP contribution < -0.4 is 15.4 Å². The maximum atomic E-state index is 5.69. The number of hydrogen-bond acceptors (Lipinski definition) is 5. The standard InChI is InChI=1S/C15H21N5O/c1-10(2)21-12-6-4-11(5-7-12)13-8-9-17-15-18-14(16-3)19-20(13)15/h4-7,10,13H,8-9H2,1-3H3,(H2,16,17,18,19). The highest BCUT2D eigenvalue weighted by Gasteiger charge is 2.24. The van der Waals surface area contributed by atoms with E-state index in [1.54, 1.807) is 0 Å². The van der Waals surface area contributed by atoms with Gasteiger partial charge < -0.3 is 15.4 Å². The van der Waals surface area contributed by atoms with Crippen molar-refractivity contribution < 1.29 is 4.74 Å². The molecule has 1 aliphatic heterocycles. The van der Waals surface area contributed by atoms with Crippen LogP contribution in [0, 0.1) is 0 Å². The molecule has 2 heterocycles. The lowest BCUT2D eigenvalue weighted by Gasteiger charge is -2.24. The predicted molar refractivity (Wildman–Crippen MR) is 83.0 cm³/mol. The van der Waals surface area contributed by atoms with Gasteiger partial charge in [-0.15, -0.1) is 5.10 Å². The Morgan fingerprint density at radius 1 is 1.33 bits per heavy atom. The molecule has 1 aromatic heterocycles. The van der Waals surface area contributed by atoms with Gasteiger partial charge >= 0.3 is 0 Å². The number of nitrogens with one attached hydrogen (secondary N) is 2. The molecule has 1 unspecified atom stereocenters. The number of anilines is 2. The largest absolute Gasteiger partial charge is 0.491 e. The molecule has 21 heavy (non-hydrogen) atoms. The fourth-order valence-corrected chi connectivity index (χ4v) is 2.56. The summed E-state index contributed by atoms with van der Waals surface area (Å²) < 4.78 is 7.64. The zero-order valence-electron chi connectivity index (χ0n) is 12.6. The van der Waals surface area contributed by atoms with Crippen molar-refractivity contribution >= 4 is 11.9 Å². The summed E-state index contributed by atoms with van der Waals surface area (Å²) in [6.45, 7) is 4.96. The van der Waals surface area contributed by atoms with Crippen molar-refractivity contribution in [1.29, 1.82) is 0 Å². The number of rotatable bonds is 4. The highest BCUT2D eigenvalue weighted by molar-refractivity contribution is 5.39. The second-order valence-corrected chi connectivity index (χ2v) is 5.42. The SMILES string of the molecule is CNc1nc2n(n1)C(c1ccc(OC(C)C)cc1)CCN2. The molecule has 112 valence electrons. The first kappa shape index (κ1) is 13.7. The fraction of sp³-hybridized carbons (Fsp3) is 0.467. The molecule has 0 radical (unpaired) electrons. The third-order valence-electron chi connectivity index (χ3n) is 3.49. The molecule has 0 fully saturated rings. The first-order valence-electron chi connectivity index (χ1n) is 7.32. The van der Waals surface area contributed by atoms with Crippen LogP contribution in [-0.4, -0.2) is 34.5 Å². The number of benzene rings is 1. The van der Waals surface area contributed by atoms with Gasteiger partial charge in [0.05, 0.1) is 12.1 Å². The van der Waals surface area contributed by atoms with Crippen LogP contribution in [0.5, 0.6) is 5.75 Å². The summed E-state index contributed by atoms with van der Waals surface area (Å²) in [6, 6.07) is 8.47. The summed E-state index contributed by atoms with van der Waals surface area (Å²) >= 11 is 0. The quantitative estimate of drug-likeness (QED) is 0.904. The second kappa shape index (κ2) is 5.63. The van der Waals surface area contributed by atoms with Crippen LogP contribution in [0.1, 0.15) is 31.9 Å². The van der Waals surface area contributed by atoms with Gasteiger partial charge in [0.15, 0.2) is 0 Å². The molecule has 2 aromatic rings. The summed E-state index contributed by atoms with van der Waals surface area (Å²) in [5.41, 5.74) is 1.22. The van der Waals surface area contributed by atoms with E-state index in [9.17, 15) is 0 Å². The minimum atomic E-state index is 0.190. The Labute approximate surface area is 124 Å². The Morgan fingerprint density at radius 2 is 2.10 bits per heavy atom. The smallest absolute Gasteiger partial charge is 0.243 e. The van der Waals surface area contributed by atoms with E-state index in [2.05, 4.69) is 32.8 Å². The molecule has 2 N–H and O–H groups in total. The lowest BCUT2D eigenvalue weighted by atomic mass is 10.0. The number of nitrogens with zero attached hydrogens (tertiary/aromatic N) is 3. The zero-order valence-corrected chi connectivity index (χ0v) is 12.6. The van der Waals surface area contributed by atoms with Crippen molar-refractivity contribution in [3.05, 3.63) is 29.8 Å². The summed E-state index contributed by atoms with van der Waals surface area (Å²) in [5.74, 6) is 2.36. The molecule has 0 saturated carbocycles. The maximum absolute atomic E-state index is 5.69. The highest BCUT2D eigenvalue weighted by atomic mass is 16.5. The van der Waals surface area contributed by atoms with Crippen LogP contribution in [0.15, 0.2) is 24.3 Å². The molecule has 6 nitrogen and oxygen atoms in total. The van der Waals surface area contributed by atoms with E-state index in [-0.39, 0.29) is 12.1 Å². The lowest BCUT2D eigenvalue weighted by Crippen LogP contribution is -2.24. The van der Waals surface area contributed by atoms with E-state index in [0.717, 1.165) is 24.7 Å². The number of hydrogen-bond donors (Lipinski definition) is 2. The van der Waals surface area contributed by atoms with Crippen LogP contribution >= 0.6 is 0 Å². The molecule has 3 rings (SSSR count). The first-order valence-corrected chi connectivity index (χ1v) is 7.32. The van der Waals surface area contributed by atoms with E-state index in [4.69, 9.17) is 4.74 Å². The van der Waals surface area contributed by atoms with Crippen LogP contribution in [-0.2, 0) is 0 Å². The normalized spacial score (nSPS) is 17.2. The lowest BCUT2D eigenvalue weighted by molar-refractivity contribution is 0.242. The highest BCUT2D eigenvalue weighted by Crippen LogP contribution is 2.30. The van der Waals surface area contributed by atoms with Gasteiger partial charge in [0.25, 0.3) is 0 Å². The Kier molecular flexibility index (Phi) is 3.68. The van der Waals surface area contributed by atoms with Crippen LogP contribution in [0.4, 0.5) is 11.9 Å². The molecule has 0 spiro atoms. The van der Waals surface area contributed by atoms with Gasteiger partial charge in [-0.3, -0.25) is 0 Å². The molecule has 0 aliphatic carbocycles. The number of aromatic nitrogens is 3. The third kappa shape index (κ3) is 2.79. The van der Waals surface area contributed by atoms with Crippen molar-refractivity contribution in [1.82, 2.24) is 14.8 Å². The summed E-state index contributed by atoms with van der Waals surface area (Å²) in [7, 11) is 1.83. The first-order chi connectivity index (χ1) is 10.2. The number of fused-ring (bicyclic) bond motifs is 1. The average Bonchev–Trinajstić information content (AvgIpc) is 2.90. The molecule has 1 atom stereocenters. The molecule has 0 amide bonds. The molecule has 1 aromatic carbocycles. The van der Waals surface area contributed by atoms with Gasteiger partial charge in [-0.2, -0.15) is 4.98 Å². The molecule has 1 aliphatic rings. The third-order valence-corrected chi connectivity index (χ3v) is 3.49. The topological polar surface area (TPSA) is 64.0 Å². The summed E-state index contributed by atoms with van der Waals surface area (Å²) in [5, 5.41) is 10.8. The summed E-state index contributed by atoms with van der Waals surface area (Å²) in [4.78, 5) is 4.41. The van der Waals surface area contributed by atoms with Gasteiger partial charge in [0, 0.05) is 13.6 Å². The van der Waals surface area contributed by atoms with Crippen molar-refractivity contribution in [3.8, 4) is 5.75 Å². The summed E-state index contributed by atoms with van der Waals surface area (Å²) in [6.07, 6.45) is 1.18. The Balaban J connectivity index is 1.86. The zero-order chi connectivity index (χ0) is 14.8. The van der Waals surface area contributed by atoms with Crippen molar-refractivity contribution in [2.75, 3.05) is 24.2 Å². The fourth-order valence-electron chi connectivity index (χ4n) is 2.56. The molecule has 0 bridgehead atoms. The van der Waals surface area contributed by atoms with Gasteiger partial charge in [0.2, 0.25) is 11.9 Å². The van der Waals surface area contributed by atoms with Gasteiger partial charge in [-0.1, -0.05) is 12.1 Å². The van der Waals surface area contributed by atoms with Crippen molar-refractivity contribution in [3.63, 3.8) is 0 Å². The van der Waals surface area contributed by atoms with E-state index in [1.165, 1.54) is 5.56 Å². The Morgan fingerprint density at radius 3 is 2.76 bits per heavy atom. The van der Waals surface area contributed by atoms with Gasteiger partial charge in [-0.25, -0.2) is 4.68 Å². The second-order valence-electron chi connectivity index (χ2n) is 5.42. The van der Waals surface area contributed by atoms with Gasteiger partial charge in [0.1, 0.15) is 5.75 Å². The monoisotopic (exact) mass is 287 g/mol. The Bertz CT molecular complexity index is 605. The molecule has 0 saturated heterocycles. The molecule has 6 heteroatoms. The minimum absolute atomic E-state index is 0.190. The van der Waals surface area contributed by atoms with E-state index in [0.29, 0.717) is 5.95 Å². The average molecular weight is 287 g/mol. The number of ether oxygens (including phenoxy) is 1. The van der Waals surface area contributed by atoms with Crippen LogP contribution in [0.2, 0.25) is 0 Å². The van der Waals surface area contributed by atoms with Crippen molar-refractivity contribution in [2.45, 2.75) is 32.4 Å². The van der Waals surface area contributed by atoms with Crippen LogP contribution in [0.25, 0.3) is 0 Å². The van der Waals surface area contributed by atoms with E-state index in [1.807, 2.05) is 37.7 Å². The van der Waals surface area contributed by atoms with E-state index >= 15 is 0 Å². The molecular formula is C15H21N5O.